The first-order chi connectivity index (χ1) is 9.90. The lowest BCUT2D eigenvalue weighted by molar-refractivity contribution is 0.0454. The number of anilines is 1. The minimum atomic E-state index is -0.619. The van der Waals surface area contributed by atoms with Crippen LogP contribution in [-0.2, 0) is 11.3 Å². The van der Waals surface area contributed by atoms with Gasteiger partial charge in [-0.05, 0) is 41.9 Å². The van der Waals surface area contributed by atoms with Gasteiger partial charge < -0.3 is 10.5 Å². The molecule has 0 saturated carbocycles. The fraction of sp³-hybridized carbons (Fsp3) is 0.308. The second kappa shape index (κ2) is 6.21. The van der Waals surface area contributed by atoms with Gasteiger partial charge in [0, 0.05) is 10.5 Å². The van der Waals surface area contributed by atoms with Crippen LogP contribution in [0.3, 0.4) is 0 Å². The SMILES string of the molecule is CC(C)n1ncnc1COC(=O)c1cc(N)c(F)cc1Br. The van der Waals surface area contributed by atoms with Crippen LogP contribution in [0.25, 0.3) is 0 Å². The summed E-state index contributed by atoms with van der Waals surface area (Å²) in [4.78, 5) is 16.1. The Morgan fingerprint density at radius 3 is 2.90 bits per heavy atom. The van der Waals surface area contributed by atoms with Crippen molar-refractivity contribution >= 4 is 27.6 Å². The number of nitrogen functional groups attached to an aromatic ring is 1. The van der Waals surface area contributed by atoms with Gasteiger partial charge in [-0.2, -0.15) is 5.10 Å². The topological polar surface area (TPSA) is 83.0 Å². The Labute approximate surface area is 129 Å². The average Bonchev–Trinajstić information content (AvgIpc) is 2.88. The van der Waals surface area contributed by atoms with Crippen LogP contribution in [0.2, 0.25) is 0 Å². The lowest BCUT2D eigenvalue weighted by Gasteiger charge is -2.10. The molecule has 0 spiro atoms. The Hall–Kier alpha value is -1.96. The average molecular weight is 357 g/mol. The number of hydrogen-bond acceptors (Lipinski definition) is 5. The normalized spacial score (nSPS) is 10.9. The van der Waals surface area contributed by atoms with Crippen molar-refractivity contribution in [2.75, 3.05) is 5.73 Å². The van der Waals surface area contributed by atoms with E-state index in [2.05, 4.69) is 26.0 Å². The standard InChI is InChI=1S/C13H14BrFN4O2/c1-7(2)19-12(17-6-18-19)5-21-13(20)8-3-11(16)10(15)4-9(8)14/h3-4,6-7H,5,16H2,1-2H3. The molecule has 0 saturated heterocycles. The van der Waals surface area contributed by atoms with E-state index < -0.39 is 11.8 Å². The summed E-state index contributed by atoms with van der Waals surface area (Å²) in [5, 5.41) is 4.05. The van der Waals surface area contributed by atoms with Crippen molar-refractivity contribution in [2.45, 2.75) is 26.5 Å². The molecule has 0 bridgehead atoms. The molecule has 1 aromatic heterocycles. The number of hydrogen-bond donors (Lipinski definition) is 1. The molecule has 0 amide bonds. The van der Waals surface area contributed by atoms with Gasteiger partial charge in [0.05, 0.1) is 11.3 Å². The highest BCUT2D eigenvalue weighted by molar-refractivity contribution is 9.10. The summed E-state index contributed by atoms with van der Waals surface area (Å²) < 4.78 is 20.3. The van der Waals surface area contributed by atoms with E-state index in [4.69, 9.17) is 10.5 Å². The molecule has 0 aliphatic heterocycles. The Bertz CT molecular complexity index is 672. The molecule has 8 heteroatoms. The van der Waals surface area contributed by atoms with Gasteiger partial charge in [-0.15, -0.1) is 0 Å². The molecule has 2 aromatic rings. The van der Waals surface area contributed by atoms with E-state index in [1.807, 2.05) is 13.8 Å². The smallest absolute Gasteiger partial charge is 0.339 e. The zero-order chi connectivity index (χ0) is 15.6. The van der Waals surface area contributed by atoms with Crippen LogP contribution in [0.1, 0.15) is 36.1 Å². The third kappa shape index (κ3) is 3.38. The highest BCUT2D eigenvalue weighted by Crippen LogP contribution is 2.23. The van der Waals surface area contributed by atoms with Crippen molar-refractivity contribution in [1.29, 1.82) is 0 Å². The summed E-state index contributed by atoms with van der Waals surface area (Å²) in [6, 6.07) is 2.46. The maximum Gasteiger partial charge on any atom is 0.339 e. The molecule has 2 rings (SSSR count). The maximum absolute atomic E-state index is 13.2. The van der Waals surface area contributed by atoms with Crippen LogP contribution in [-0.4, -0.2) is 20.7 Å². The fourth-order valence-electron chi connectivity index (χ4n) is 1.74. The van der Waals surface area contributed by atoms with Crippen molar-refractivity contribution in [3.63, 3.8) is 0 Å². The van der Waals surface area contributed by atoms with Crippen molar-refractivity contribution in [2.24, 2.45) is 0 Å². The quantitative estimate of drug-likeness (QED) is 0.672. The number of rotatable bonds is 4. The van der Waals surface area contributed by atoms with E-state index in [-0.39, 0.29) is 28.4 Å². The van der Waals surface area contributed by atoms with E-state index >= 15 is 0 Å². The largest absolute Gasteiger partial charge is 0.454 e. The number of aromatic nitrogens is 3. The first kappa shape index (κ1) is 15.4. The molecular weight excluding hydrogens is 343 g/mol. The summed E-state index contributed by atoms with van der Waals surface area (Å²) in [6.45, 7) is 3.86. The number of carbonyl (C=O) groups excluding carboxylic acids is 1. The summed E-state index contributed by atoms with van der Waals surface area (Å²) in [5.41, 5.74) is 5.49. The molecule has 112 valence electrons. The Morgan fingerprint density at radius 1 is 1.52 bits per heavy atom. The van der Waals surface area contributed by atoms with Crippen LogP contribution in [0.15, 0.2) is 22.9 Å². The molecule has 0 unspecified atom stereocenters. The molecule has 1 heterocycles. The summed E-state index contributed by atoms with van der Waals surface area (Å²) in [6.07, 6.45) is 1.40. The van der Waals surface area contributed by atoms with E-state index in [0.717, 1.165) is 6.07 Å². The van der Waals surface area contributed by atoms with Crippen molar-refractivity contribution < 1.29 is 13.9 Å². The highest BCUT2D eigenvalue weighted by Gasteiger charge is 2.16. The van der Waals surface area contributed by atoms with Gasteiger partial charge in [0.15, 0.2) is 12.4 Å². The van der Waals surface area contributed by atoms with Gasteiger partial charge in [-0.25, -0.2) is 18.9 Å². The van der Waals surface area contributed by atoms with Crippen LogP contribution >= 0.6 is 15.9 Å². The van der Waals surface area contributed by atoms with Crippen LogP contribution < -0.4 is 5.73 Å². The molecule has 0 aliphatic carbocycles. The van der Waals surface area contributed by atoms with Crippen LogP contribution in [0.5, 0.6) is 0 Å². The maximum atomic E-state index is 13.2. The van der Waals surface area contributed by atoms with Gasteiger partial charge in [0.2, 0.25) is 0 Å². The van der Waals surface area contributed by atoms with E-state index in [1.165, 1.54) is 12.4 Å². The fourth-order valence-corrected chi connectivity index (χ4v) is 2.22. The predicted octanol–water partition coefficient (Wildman–Crippen LogP) is 2.70. The number of halogens is 2. The Kier molecular flexibility index (Phi) is 4.56. The number of benzene rings is 1. The molecule has 0 fully saturated rings. The van der Waals surface area contributed by atoms with Gasteiger partial charge in [-0.1, -0.05) is 0 Å². The summed E-state index contributed by atoms with van der Waals surface area (Å²) in [7, 11) is 0. The van der Waals surface area contributed by atoms with Crippen LogP contribution in [0.4, 0.5) is 10.1 Å². The number of nitrogens with zero attached hydrogens (tertiary/aromatic N) is 3. The van der Waals surface area contributed by atoms with Gasteiger partial charge >= 0.3 is 5.97 Å². The number of carbonyl (C=O) groups is 1. The van der Waals surface area contributed by atoms with E-state index in [9.17, 15) is 9.18 Å². The third-order valence-electron chi connectivity index (χ3n) is 2.78. The number of nitrogens with two attached hydrogens (primary N) is 1. The van der Waals surface area contributed by atoms with Crippen LogP contribution in [0, 0.1) is 5.82 Å². The van der Waals surface area contributed by atoms with Crippen molar-refractivity contribution in [3.05, 3.63) is 40.1 Å². The third-order valence-corrected chi connectivity index (χ3v) is 3.43. The minimum absolute atomic E-state index is 0.0270. The molecule has 1 aromatic carbocycles. The lowest BCUT2D eigenvalue weighted by atomic mass is 10.2. The lowest BCUT2D eigenvalue weighted by Crippen LogP contribution is -2.13. The van der Waals surface area contributed by atoms with E-state index in [1.54, 1.807) is 4.68 Å². The van der Waals surface area contributed by atoms with Gasteiger partial charge in [-0.3, -0.25) is 0 Å². The van der Waals surface area contributed by atoms with Gasteiger partial charge in [0.1, 0.15) is 12.1 Å². The Balaban J connectivity index is 2.12. The predicted molar refractivity (Wildman–Crippen MR) is 78.0 cm³/mol. The molecule has 0 radical (unpaired) electrons. The number of esters is 1. The molecular formula is C13H14BrFN4O2. The summed E-state index contributed by atoms with van der Waals surface area (Å²) >= 11 is 3.11. The number of ether oxygens (including phenoxy) is 1. The van der Waals surface area contributed by atoms with Crippen molar-refractivity contribution in [3.8, 4) is 0 Å². The Morgan fingerprint density at radius 2 is 2.24 bits per heavy atom. The second-order valence-corrected chi connectivity index (χ2v) is 5.50. The first-order valence-corrected chi connectivity index (χ1v) is 6.99. The molecule has 6 nitrogen and oxygen atoms in total. The molecule has 21 heavy (non-hydrogen) atoms. The first-order valence-electron chi connectivity index (χ1n) is 6.20. The minimum Gasteiger partial charge on any atom is -0.454 e. The molecule has 2 N–H and O–H groups in total. The van der Waals surface area contributed by atoms with E-state index in [0.29, 0.717) is 5.82 Å². The summed E-state index contributed by atoms with van der Waals surface area (Å²) in [5.74, 6) is -0.686. The van der Waals surface area contributed by atoms with Crippen molar-refractivity contribution in [1.82, 2.24) is 14.8 Å². The zero-order valence-electron chi connectivity index (χ0n) is 11.5. The monoisotopic (exact) mass is 356 g/mol. The molecule has 0 atom stereocenters. The second-order valence-electron chi connectivity index (χ2n) is 4.64. The molecule has 0 aliphatic rings. The highest BCUT2D eigenvalue weighted by atomic mass is 79.9. The van der Waals surface area contributed by atoms with Gasteiger partial charge in [0.25, 0.3) is 0 Å². The zero-order valence-corrected chi connectivity index (χ0v) is 13.1.